The fourth-order valence-corrected chi connectivity index (χ4v) is 3.57. The third-order valence-corrected chi connectivity index (χ3v) is 4.70. The number of hydrogen-bond donors (Lipinski definition) is 1. The van der Waals surface area contributed by atoms with Crippen molar-refractivity contribution in [2.75, 3.05) is 0 Å². The van der Waals surface area contributed by atoms with Crippen LogP contribution < -0.4 is 5.73 Å². The summed E-state index contributed by atoms with van der Waals surface area (Å²) in [6.07, 6.45) is 0.873. The number of thiazole rings is 1. The highest BCUT2D eigenvalue weighted by Gasteiger charge is 2.14. The van der Waals surface area contributed by atoms with Gasteiger partial charge in [0.1, 0.15) is 5.01 Å². The van der Waals surface area contributed by atoms with Crippen LogP contribution in [0.2, 0.25) is 0 Å². The Morgan fingerprint density at radius 1 is 1.29 bits per heavy atom. The molecular formula is C16H20N4S. The van der Waals surface area contributed by atoms with Crippen LogP contribution in [0, 0.1) is 13.8 Å². The molecule has 0 aliphatic heterocycles. The van der Waals surface area contributed by atoms with E-state index in [9.17, 15) is 0 Å². The zero-order valence-corrected chi connectivity index (χ0v) is 13.4. The predicted molar refractivity (Wildman–Crippen MR) is 87.8 cm³/mol. The fraction of sp³-hybridized carbons (Fsp3) is 0.375. The minimum atomic E-state index is 0.155. The van der Waals surface area contributed by atoms with Crippen LogP contribution in [0.5, 0.6) is 0 Å². The Balaban J connectivity index is 1.91. The van der Waals surface area contributed by atoms with Gasteiger partial charge in [0.15, 0.2) is 0 Å². The number of fused-ring (bicyclic) bond motifs is 1. The minimum absolute atomic E-state index is 0.155. The third kappa shape index (κ3) is 2.84. The number of aromatic nitrogens is 3. The molecule has 0 aliphatic carbocycles. The normalized spacial score (nSPS) is 13.0. The first kappa shape index (κ1) is 14.2. The molecule has 0 spiro atoms. The molecule has 2 aromatic heterocycles. The molecule has 1 aromatic carbocycles. The van der Waals surface area contributed by atoms with Gasteiger partial charge in [-0.05, 0) is 44.9 Å². The zero-order valence-electron chi connectivity index (χ0n) is 12.6. The van der Waals surface area contributed by atoms with Gasteiger partial charge >= 0.3 is 0 Å². The molecule has 0 fully saturated rings. The molecule has 5 heteroatoms. The molecule has 0 saturated carbocycles. The molecule has 21 heavy (non-hydrogen) atoms. The van der Waals surface area contributed by atoms with Gasteiger partial charge in [-0.3, -0.25) is 4.68 Å². The van der Waals surface area contributed by atoms with Crippen molar-refractivity contribution >= 4 is 21.6 Å². The Bertz CT molecular complexity index is 737. The van der Waals surface area contributed by atoms with E-state index in [4.69, 9.17) is 5.73 Å². The number of benzene rings is 1. The average molecular weight is 300 g/mol. The van der Waals surface area contributed by atoms with Gasteiger partial charge in [0.05, 0.1) is 22.5 Å². The quantitative estimate of drug-likeness (QED) is 0.805. The molecule has 4 nitrogen and oxygen atoms in total. The summed E-state index contributed by atoms with van der Waals surface area (Å²) in [5, 5.41) is 5.75. The topological polar surface area (TPSA) is 56.7 Å². The number of para-hydroxylation sites is 1. The molecule has 1 atom stereocenters. The standard InChI is InChI=1S/C16H20N4S/c1-10(17)8-13-11(2)19-20(12(13)3)9-16-18-14-6-4-5-7-15(14)21-16/h4-7,10H,8-9,17H2,1-3H3. The number of hydrogen-bond acceptors (Lipinski definition) is 4. The first-order valence-corrected chi connectivity index (χ1v) is 7.99. The van der Waals surface area contributed by atoms with Crippen LogP contribution in [-0.4, -0.2) is 20.8 Å². The third-order valence-electron chi connectivity index (χ3n) is 3.68. The Labute approximate surface area is 128 Å². The van der Waals surface area contributed by atoms with Gasteiger partial charge in [-0.2, -0.15) is 5.10 Å². The van der Waals surface area contributed by atoms with E-state index >= 15 is 0 Å². The maximum atomic E-state index is 5.93. The molecule has 3 rings (SSSR count). The van der Waals surface area contributed by atoms with Crippen LogP contribution in [-0.2, 0) is 13.0 Å². The van der Waals surface area contributed by atoms with Crippen LogP contribution in [0.3, 0.4) is 0 Å². The molecule has 0 radical (unpaired) electrons. The van der Waals surface area contributed by atoms with E-state index in [1.807, 2.05) is 23.7 Å². The van der Waals surface area contributed by atoms with Crippen molar-refractivity contribution < 1.29 is 0 Å². The van der Waals surface area contributed by atoms with Crippen molar-refractivity contribution in [3.8, 4) is 0 Å². The largest absolute Gasteiger partial charge is 0.328 e. The smallest absolute Gasteiger partial charge is 0.115 e. The van der Waals surface area contributed by atoms with Gasteiger partial charge < -0.3 is 5.73 Å². The molecular weight excluding hydrogens is 280 g/mol. The highest BCUT2D eigenvalue weighted by Crippen LogP contribution is 2.23. The number of nitrogens with two attached hydrogens (primary N) is 1. The number of aryl methyl sites for hydroxylation is 1. The summed E-state index contributed by atoms with van der Waals surface area (Å²) in [7, 11) is 0. The summed E-state index contributed by atoms with van der Waals surface area (Å²) in [6, 6.07) is 8.39. The monoisotopic (exact) mass is 300 g/mol. The molecule has 0 saturated heterocycles. The first-order chi connectivity index (χ1) is 10.0. The second-order valence-corrected chi connectivity index (χ2v) is 6.68. The van der Waals surface area contributed by atoms with Crippen LogP contribution in [0.1, 0.15) is 28.9 Å². The first-order valence-electron chi connectivity index (χ1n) is 7.17. The Morgan fingerprint density at radius 2 is 2.05 bits per heavy atom. The lowest BCUT2D eigenvalue weighted by atomic mass is 10.1. The SMILES string of the molecule is Cc1nn(Cc2nc3ccccc3s2)c(C)c1CC(C)N. The van der Waals surface area contributed by atoms with Gasteiger partial charge in [-0.15, -0.1) is 11.3 Å². The highest BCUT2D eigenvalue weighted by molar-refractivity contribution is 7.18. The van der Waals surface area contributed by atoms with Gasteiger partial charge in [0.25, 0.3) is 0 Å². The Morgan fingerprint density at radius 3 is 2.76 bits per heavy atom. The molecule has 0 amide bonds. The number of rotatable bonds is 4. The van der Waals surface area contributed by atoms with Crippen molar-refractivity contribution in [1.29, 1.82) is 0 Å². The van der Waals surface area contributed by atoms with E-state index in [-0.39, 0.29) is 6.04 Å². The molecule has 3 aromatic rings. The maximum absolute atomic E-state index is 5.93. The van der Waals surface area contributed by atoms with Crippen molar-refractivity contribution in [1.82, 2.24) is 14.8 Å². The van der Waals surface area contributed by atoms with Crippen molar-refractivity contribution in [3.05, 3.63) is 46.2 Å². The van der Waals surface area contributed by atoms with Crippen LogP contribution in [0.4, 0.5) is 0 Å². The molecule has 0 aliphatic rings. The molecule has 110 valence electrons. The van der Waals surface area contributed by atoms with E-state index in [2.05, 4.69) is 36.1 Å². The fourth-order valence-electron chi connectivity index (χ4n) is 2.62. The summed E-state index contributed by atoms with van der Waals surface area (Å²) in [5.74, 6) is 0. The predicted octanol–water partition coefficient (Wildman–Crippen LogP) is 3.05. The lowest BCUT2D eigenvalue weighted by molar-refractivity contribution is 0.654. The minimum Gasteiger partial charge on any atom is -0.328 e. The summed E-state index contributed by atoms with van der Waals surface area (Å²) in [5.41, 5.74) is 10.5. The summed E-state index contributed by atoms with van der Waals surface area (Å²) >= 11 is 1.73. The van der Waals surface area contributed by atoms with Gasteiger partial charge in [-0.25, -0.2) is 4.98 Å². The van der Waals surface area contributed by atoms with Crippen LogP contribution in [0.25, 0.3) is 10.2 Å². The van der Waals surface area contributed by atoms with Crippen molar-refractivity contribution in [2.45, 2.75) is 39.8 Å². The lowest BCUT2D eigenvalue weighted by Gasteiger charge is -2.06. The van der Waals surface area contributed by atoms with Crippen molar-refractivity contribution in [2.24, 2.45) is 5.73 Å². The molecule has 2 N–H and O–H groups in total. The maximum Gasteiger partial charge on any atom is 0.115 e. The second kappa shape index (κ2) is 5.58. The zero-order chi connectivity index (χ0) is 15.0. The molecule has 0 bridgehead atoms. The van der Waals surface area contributed by atoms with Crippen LogP contribution >= 0.6 is 11.3 Å². The van der Waals surface area contributed by atoms with E-state index in [0.717, 1.165) is 29.2 Å². The second-order valence-electron chi connectivity index (χ2n) is 5.56. The summed E-state index contributed by atoms with van der Waals surface area (Å²) < 4.78 is 3.27. The van der Waals surface area contributed by atoms with E-state index in [0.29, 0.717) is 0 Å². The van der Waals surface area contributed by atoms with E-state index < -0.39 is 0 Å². The Hall–Kier alpha value is -1.72. The van der Waals surface area contributed by atoms with E-state index in [1.54, 1.807) is 11.3 Å². The van der Waals surface area contributed by atoms with Gasteiger partial charge in [0, 0.05) is 11.7 Å². The average Bonchev–Trinajstić information content (AvgIpc) is 2.94. The highest BCUT2D eigenvalue weighted by atomic mass is 32.1. The summed E-state index contributed by atoms with van der Waals surface area (Å²) in [4.78, 5) is 4.68. The van der Waals surface area contributed by atoms with Crippen LogP contribution in [0.15, 0.2) is 24.3 Å². The van der Waals surface area contributed by atoms with Gasteiger partial charge in [-0.1, -0.05) is 12.1 Å². The summed E-state index contributed by atoms with van der Waals surface area (Å²) in [6.45, 7) is 6.93. The lowest BCUT2D eigenvalue weighted by Crippen LogP contribution is -2.18. The Kier molecular flexibility index (Phi) is 3.78. The number of nitrogens with zero attached hydrogens (tertiary/aromatic N) is 3. The molecule has 2 heterocycles. The van der Waals surface area contributed by atoms with Crippen molar-refractivity contribution in [3.63, 3.8) is 0 Å². The molecule has 1 unspecified atom stereocenters. The van der Waals surface area contributed by atoms with E-state index in [1.165, 1.54) is 16.0 Å². The van der Waals surface area contributed by atoms with Gasteiger partial charge in [0.2, 0.25) is 0 Å².